The van der Waals surface area contributed by atoms with E-state index < -0.39 is 0 Å². The van der Waals surface area contributed by atoms with E-state index in [4.69, 9.17) is 9.84 Å². The summed E-state index contributed by atoms with van der Waals surface area (Å²) in [6.07, 6.45) is 0.969. The zero-order chi connectivity index (χ0) is 10.2. The molecule has 0 aromatic heterocycles. The van der Waals surface area contributed by atoms with E-state index in [0.29, 0.717) is 0 Å². The maximum Gasteiger partial charge on any atom is 0.0701 e. The standard InChI is InChI=1S/C11H17NO2/c1-14-8-4-7-12-11-6-3-2-5-10(11)9-13/h2-3,5-6,12-13H,4,7-9H2,1H3. The van der Waals surface area contributed by atoms with E-state index in [0.717, 1.165) is 30.8 Å². The lowest BCUT2D eigenvalue weighted by Crippen LogP contribution is -2.06. The van der Waals surface area contributed by atoms with Crippen molar-refractivity contribution in [1.29, 1.82) is 0 Å². The Morgan fingerprint density at radius 3 is 2.86 bits per heavy atom. The van der Waals surface area contributed by atoms with Crippen LogP contribution in [-0.2, 0) is 11.3 Å². The van der Waals surface area contributed by atoms with Crippen LogP contribution in [0.2, 0.25) is 0 Å². The molecule has 1 rings (SSSR count). The minimum atomic E-state index is 0.0768. The number of aliphatic hydroxyl groups is 1. The molecule has 0 fully saturated rings. The summed E-state index contributed by atoms with van der Waals surface area (Å²) in [5.74, 6) is 0. The molecule has 1 aromatic rings. The van der Waals surface area contributed by atoms with Gasteiger partial charge in [0.05, 0.1) is 6.61 Å². The van der Waals surface area contributed by atoms with Crippen molar-refractivity contribution < 1.29 is 9.84 Å². The van der Waals surface area contributed by atoms with E-state index in [1.54, 1.807) is 7.11 Å². The molecule has 3 heteroatoms. The quantitative estimate of drug-likeness (QED) is 0.678. The van der Waals surface area contributed by atoms with Gasteiger partial charge < -0.3 is 15.2 Å². The lowest BCUT2D eigenvalue weighted by Gasteiger charge is -2.09. The minimum absolute atomic E-state index is 0.0768. The molecule has 1 aromatic carbocycles. The first-order valence-electron chi connectivity index (χ1n) is 4.80. The van der Waals surface area contributed by atoms with Crippen molar-refractivity contribution in [2.45, 2.75) is 13.0 Å². The largest absolute Gasteiger partial charge is 0.392 e. The third-order valence-corrected chi connectivity index (χ3v) is 2.03. The summed E-state index contributed by atoms with van der Waals surface area (Å²) < 4.78 is 4.95. The number of ether oxygens (including phenoxy) is 1. The molecule has 0 heterocycles. The van der Waals surface area contributed by atoms with E-state index >= 15 is 0 Å². The van der Waals surface area contributed by atoms with Crippen LogP contribution in [0.5, 0.6) is 0 Å². The number of nitrogens with one attached hydrogen (secondary N) is 1. The highest BCUT2D eigenvalue weighted by Crippen LogP contribution is 2.14. The molecule has 2 N–H and O–H groups in total. The van der Waals surface area contributed by atoms with Gasteiger partial charge in [-0.1, -0.05) is 18.2 Å². The highest BCUT2D eigenvalue weighted by Gasteiger charge is 1.98. The summed E-state index contributed by atoms with van der Waals surface area (Å²) in [6.45, 7) is 1.70. The predicted octanol–water partition coefficient (Wildman–Crippen LogP) is 1.63. The van der Waals surface area contributed by atoms with Gasteiger partial charge in [-0.3, -0.25) is 0 Å². The third kappa shape index (κ3) is 3.36. The average Bonchev–Trinajstić information content (AvgIpc) is 2.25. The molecule has 0 aliphatic heterocycles. The maximum atomic E-state index is 9.06. The predicted molar refractivity (Wildman–Crippen MR) is 57.3 cm³/mol. The molecule has 0 aliphatic rings. The zero-order valence-corrected chi connectivity index (χ0v) is 8.49. The van der Waals surface area contributed by atoms with Gasteiger partial charge in [0.15, 0.2) is 0 Å². The summed E-state index contributed by atoms with van der Waals surface area (Å²) in [7, 11) is 1.70. The molecule has 14 heavy (non-hydrogen) atoms. The van der Waals surface area contributed by atoms with Crippen LogP contribution in [0.25, 0.3) is 0 Å². The van der Waals surface area contributed by atoms with Gasteiger partial charge in [-0.15, -0.1) is 0 Å². The van der Waals surface area contributed by atoms with Crippen LogP contribution in [-0.4, -0.2) is 25.4 Å². The maximum absolute atomic E-state index is 9.06. The van der Waals surface area contributed by atoms with Crippen molar-refractivity contribution in [1.82, 2.24) is 0 Å². The normalized spacial score (nSPS) is 10.1. The summed E-state index contributed by atoms with van der Waals surface area (Å²) in [6, 6.07) is 7.76. The van der Waals surface area contributed by atoms with Gasteiger partial charge >= 0.3 is 0 Å². The van der Waals surface area contributed by atoms with Crippen LogP contribution in [0.4, 0.5) is 5.69 Å². The second kappa shape index (κ2) is 6.40. The number of anilines is 1. The van der Waals surface area contributed by atoms with E-state index in [1.165, 1.54) is 0 Å². The van der Waals surface area contributed by atoms with E-state index in [9.17, 15) is 0 Å². The van der Waals surface area contributed by atoms with Crippen molar-refractivity contribution in [3.63, 3.8) is 0 Å². The van der Waals surface area contributed by atoms with Gasteiger partial charge in [-0.05, 0) is 12.5 Å². The SMILES string of the molecule is COCCCNc1ccccc1CO. The average molecular weight is 195 g/mol. The molecule has 0 amide bonds. The van der Waals surface area contributed by atoms with E-state index in [2.05, 4.69) is 5.32 Å². The molecular weight excluding hydrogens is 178 g/mol. The summed E-state index contributed by atoms with van der Waals surface area (Å²) in [5.41, 5.74) is 1.94. The van der Waals surface area contributed by atoms with Crippen molar-refractivity contribution in [2.24, 2.45) is 0 Å². The molecule has 0 saturated heterocycles. The molecule has 0 saturated carbocycles. The summed E-state index contributed by atoms with van der Waals surface area (Å²) in [5, 5.41) is 12.3. The molecule has 0 spiro atoms. The zero-order valence-electron chi connectivity index (χ0n) is 8.49. The minimum Gasteiger partial charge on any atom is -0.392 e. The fraction of sp³-hybridized carbons (Fsp3) is 0.455. The number of benzene rings is 1. The Balaban J connectivity index is 2.41. The molecule has 0 bridgehead atoms. The van der Waals surface area contributed by atoms with Crippen LogP contribution in [0.1, 0.15) is 12.0 Å². The van der Waals surface area contributed by atoms with E-state index in [1.807, 2.05) is 24.3 Å². The second-order valence-corrected chi connectivity index (χ2v) is 3.09. The highest BCUT2D eigenvalue weighted by molar-refractivity contribution is 5.50. The van der Waals surface area contributed by atoms with Crippen LogP contribution >= 0.6 is 0 Å². The van der Waals surface area contributed by atoms with Gasteiger partial charge in [0, 0.05) is 31.5 Å². The van der Waals surface area contributed by atoms with Gasteiger partial charge in [0.1, 0.15) is 0 Å². The van der Waals surface area contributed by atoms with Crippen molar-refractivity contribution in [3.8, 4) is 0 Å². The molecule has 78 valence electrons. The van der Waals surface area contributed by atoms with Crippen molar-refractivity contribution in [3.05, 3.63) is 29.8 Å². The molecule has 0 radical (unpaired) electrons. The van der Waals surface area contributed by atoms with Crippen LogP contribution in [0.15, 0.2) is 24.3 Å². The number of hydrogen-bond acceptors (Lipinski definition) is 3. The Hall–Kier alpha value is -1.06. The molecule has 0 atom stereocenters. The Morgan fingerprint density at radius 1 is 1.36 bits per heavy atom. The smallest absolute Gasteiger partial charge is 0.0701 e. The Labute approximate surface area is 84.7 Å². The summed E-state index contributed by atoms with van der Waals surface area (Å²) in [4.78, 5) is 0. The number of methoxy groups -OCH3 is 1. The van der Waals surface area contributed by atoms with Gasteiger partial charge in [0.2, 0.25) is 0 Å². The first-order chi connectivity index (χ1) is 6.88. The fourth-order valence-electron chi connectivity index (χ4n) is 1.27. The molecule has 0 unspecified atom stereocenters. The Bertz CT molecular complexity index is 263. The van der Waals surface area contributed by atoms with Gasteiger partial charge in [-0.25, -0.2) is 0 Å². The fourth-order valence-corrected chi connectivity index (χ4v) is 1.27. The van der Waals surface area contributed by atoms with Crippen LogP contribution < -0.4 is 5.32 Å². The Morgan fingerprint density at radius 2 is 2.14 bits per heavy atom. The second-order valence-electron chi connectivity index (χ2n) is 3.09. The number of para-hydroxylation sites is 1. The molecule has 0 aliphatic carbocycles. The van der Waals surface area contributed by atoms with Crippen LogP contribution in [0.3, 0.4) is 0 Å². The first kappa shape index (κ1) is 11.0. The number of aliphatic hydroxyl groups excluding tert-OH is 1. The third-order valence-electron chi connectivity index (χ3n) is 2.03. The summed E-state index contributed by atoms with van der Waals surface area (Å²) >= 11 is 0. The lowest BCUT2D eigenvalue weighted by molar-refractivity contribution is 0.198. The topological polar surface area (TPSA) is 41.5 Å². The van der Waals surface area contributed by atoms with Crippen molar-refractivity contribution in [2.75, 3.05) is 25.6 Å². The number of rotatable bonds is 6. The van der Waals surface area contributed by atoms with Gasteiger partial charge in [-0.2, -0.15) is 0 Å². The van der Waals surface area contributed by atoms with E-state index in [-0.39, 0.29) is 6.61 Å². The van der Waals surface area contributed by atoms with Crippen LogP contribution in [0, 0.1) is 0 Å². The molecule has 3 nitrogen and oxygen atoms in total. The monoisotopic (exact) mass is 195 g/mol. The van der Waals surface area contributed by atoms with Crippen molar-refractivity contribution >= 4 is 5.69 Å². The molecular formula is C11H17NO2. The first-order valence-corrected chi connectivity index (χ1v) is 4.80. The highest BCUT2D eigenvalue weighted by atomic mass is 16.5. The number of hydrogen-bond donors (Lipinski definition) is 2. The lowest BCUT2D eigenvalue weighted by atomic mass is 10.2. The van der Waals surface area contributed by atoms with Gasteiger partial charge in [0.25, 0.3) is 0 Å². The Kier molecular flexibility index (Phi) is 5.04.